The van der Waals surface area contributed by atoms with Crippen LogP contribution < -0.4 is 4.90 Å². The van der Waals surface area contributed by atoms with Crippen LogP contribution in [-0.2, 0) is 16.0 Å². The molecule has 0 amide bonds. The van der Waals surface area contributed by atoms with Gasteiger partial charge in [0.05, 0.1) is 18.9 Å². The number of allylic oxidation sites excluding steroid dienone is 1. The lowest BCUT2D eigenvalue weighted by Crippen LogP contribution is -2.36. The molecule has 1 saturated heterocycles. The maximum atomic E-state index is 10.9. The average Bonchev–Trinajstić information content (AvgIpc) is 2.81. The number of rotatable bonds is 2. The number of fused-ring (bicyclic) bond motifs is 1. The van der Waals surface area contributed by atoms with Crippen LogP contribution in [0.3, 0.4) is 0 Å². The summed E-state index contributed by atoms with van der Waals surface area (Å²) in [7, 11) is 0. The van der Waals surface area contributed by atoms with Crippen molar-refractivity contribution in [2.75, 3.05) is 31.2 Å². The number of hydrogen-bond acceptors (Lipinski definition) is 4. The molecule has 0 spiro atoms. The van der Waals surface area contributed by atoms with Gasteiger partial charge in [-0.15, -0.1) is 0 Å². The lowest BCUT2D eigenvalue weighted by Gasteiger charge is -2.30. The Morgan fingerprint density at radius 1 is 1.39 bits per heavy atom. The third-order valence-electron chi connectivity index (χ3n) is 3.31. The highest BCUT2D eigenvalue weighted by Gasteiger charge is 2.22. The van der Waals surface area contributed by atoms with Gasteiger partial charge in [0.2, 0.25) is 0 Å². The zero-order chi connectivity index (χ0) is 12.5. The molecule has 1 aliphatic carbocycles. The van der Waals surface area contributed by atoms with Gasteiger partial charge in [0.1, 0.15) is 11.4 Å². The van der Waals surface area contributed by atoms with Gasteiger partial charge < -0.3 is 9.64 Å². The van der Waals surface area contributed by atoms with E-state index in [1.165, 1.54) is 0 Å². The first kappa shape index (κ1) is 11.7. The largest absolute Gasteiger partial charge is 0.378 e. The highest BCUT2D eigenvalue weighted by Crippen LogP contribution is 2.33. The summed E-state index contributed by atoms with van der Waals surface area (Å²) < 4.78 is 5.35. The molecular weight excluding hydrogens is 252 g/mol. The maximum absolute atomic E-state index is 10.9. The van der Waals surface area contributed by atoms with Crippen LogP contribution in [0.2, 0.25) is 5.15 Å². The molecule has 1 fully saturated rings. The van der Waals surface area contributed by atoms with Crippen LogP contribution in [0.1, 0.15) is 11.3 Å². The van der Waals surface area contributed by atoms with E-state index in [0.717, 1.165) is 55.1 Å². The Morgan fingerprint density at radius 3 is 2.89 bits per heavy atom. The standard InChI is InChI=1S/C13H13ClN2O2/c14-13-7-12(16-1-3-18-4-2-16)10-5-9(8-17)6-11(10)15-13/h6-8H,1-5H2. The molecule has 5 heteroatoms. The van der Waals surface area contributed by atoms with Crippen molar-refractivity contribution < 1.29 is 9.53 Å². The Bertz CT molecular complexity index is 522. The highest BCUT2D eigenvalue weighted by atomic mass is 35.5. The summed E-state index contributed by atoms with van der Waals surface area (Å²) in [5, 5.41) is 0.471. The summed E-state index contributed by atoms with van der Waals surface area (Å²) >= 11 is 6.05. The molecule has 18 heavy (non-hydrogen) atoms. The van der Waals surface area contributed by atoms with Crippen molar-refractivity contribution in [1.29, 1.82) is 0 Å². The van der Waals surface area contributed by atoms with Crippen LogP contribution in [0.15, 0.2) is 11.6 Å². The quantitative estimate of drug-likeness (QED) is 0.602. The molecule has 2 heterocycles. The first-order chi connectivity index (χ1) is 8.78. The Hall–Kier alpha value is -1.39. The number of carbonyl (C=O) groups excluding carboxylic acids is 1. The van der Waals surface area contributed by atoms with Gasteiger partial charge in [-0.1, -0.05) is 11.6 Å². The topological polar surface area (TPSA) is 42.4 Å². The Kier molecular flexibility index (Phi) is 3.06. The van der Waals surface area contributed by atoms with Crippen LogP contribution in [0.4, 0.5) is 5.69 Å². The molecule has 0 N–H and O–H groups in total. The van der Waals surface area contributed by atoms with E-state index in [1.807, 2.05) is 12.1 Å². The van der Waals surface area contributed by atoms with Crippen molar-refractivity contribution in [3.05, 3.63) is 28.0 Å². The smallest absolute Gasteiger partial charge is 0.146 e. The molecule has 4 nitrogen and oxygen atoms in total. The minimum absolute atomic E-state index is 0.471. The minimum atomic E-state index is 0.471. The number of pyridine rings is 1. The summed E-state index contributed by atoms with van der Waals surface area (Å²) in [4.78, 5) is 17.4. The molecule has 1 aliphatic heterocycles. The Morgan fingerprint density at radius 2 is 2.17 bits per heavy atom. The van der Waals surface area contributed by atoms with Gasteiger partial charge in [0, 0.05) is 30.8 Å². The lowest BCUT2D eigenvalue weighted by molar-refractivity contribution is -0.104. The number of nitrogens with zero attached hydrogens (tertiary/aromatic N) is 2. The number of carbonyl (C=O) groups is 1. The molecule has 0 saturated carbocycles. The normalized spacial score (nSPS) is 18.5. The number of morpholine rings is 1. The second-order valence-electron chi connectivity index (χ2n) is 4.44. The van der Waals surface area contributed by atoms with Gasteiger partial charge in [-0.2, -0.15) is 0 Å². The van der Waals surface area contributed by atoms with Gasteiger partial charge in [0.15, 0.2) is 0 Å². The summed E-state index contributed by atoms with van der Waals surface area (Å²) in [5.74, 6) is 0. The fraction of sp³-hybridized carbons (Fsp3) is 0.385. The first-order valence-electron chi connectivity index (χ1n) is 5.96. The van der Waals surface area contributed by atoms with Crippen LogP contribution in [0, 0.1) is 0 Å². The molecule has 2 aliphatic rings. The van der Waals surface area contributed by atoms with Gasteiger partial charge in [-0.25, -0.2) is 4.98 Å². The van der Waals surface area contributed by atoms with E-state index in [9.17, 15) is 4.79 Å². The maximum Gasteiger partial charge on any atom is 0.146 e. The highest BCUT2D eigenvalue weighted by molar-refractivity contribution is 6.29. The second kappa shape index (κ2) is 4.71. The molecule has 1 aromatic rings. The van der Waals surface area contributed by atoms with Crippen LogP contribution in [-0.4, -0.2) is 37.6 Å². The first-order valence-corrected chi connectivity index (χ1v) is 6.33. The zero-order valence-corrected chi connectivity index (χ0v) is 10.6. The van der Waals surface area contributed by atoms with Crippen molar-refractivity contribution in [1.82, 2.24) is 4.98 Å². The zero-order valence-electron chi connectivity index (χ0n) is 9.86. The van der Waals surface area contributed by atoms with Crippen LogP contribution in [0.5, 0.6) is 0 Å². The molecular formula is C13H13ClN2O2. The van der Waals surface area contributed by atoms with E-state index >= 15 is 0 Å². The van der Waals surface area contributed by atoms with E-state index in [2.05, 4.69) is 9.88 Å². The van der Waals surface area contributed by atoms with E-state index in [-0.39, 0.29) is 0 Å². The monoisotopic (exact) mass is 264 g/mol. The Labute approximate surface area is 110 Å². The fourth-order valence-corrected chi connectivity index (χ4v) is 2.63. The summed E-state index contributed by atoms with van der Waals surface area (Å²) in [6.07, 6.45) is 3.35. The third kappa shape index (κ3) is 2.02. The molecule has 3 rings (SSSR count). The average molecular weight is 265 g/mol. The summed E-state index contributed by atoms with van der Waals surface area (Å²) in [5.41, 5.74) is 3.77. The third-order valence-corrected chi connectivity index (χ3v) is 3.50. The SMILES string of the molecule is O=CC1=Cc2nc(Cl)cc(N3CCOCC3)c2C1. The Balaban J connectivity index is 2.00. The molecule has 1 aromatic heterocycles. The van der Waals surface area contributed by atoms with Crippen molar-refractivity contribution in [3.8, 4) is 0 Å². The number of hydrogen-bond donors (Lipinski definition) is 0. The lowest BCUT2D eigenvalue weighted by atomic mass is 10.1. The van der Waals surface area contributed by atoms with E-state index < -0.39 is 0 Å². The van der Waals surface area contributed by atoms with E-state index in [4.69, 9.17) is 16.3 Å². The predicted octanol–water partition coefficient (Wildman–Crippen LogP) is 1.71. The molecule has 0 radical (unpaired) electrons. The van der Waals surface area contributed by atoms with Gasteiger partial charge in [-0.3, -0.25) is 4.79 Å². The molecule has 0 unspecified atom stereocenters. The van der Waals surface area contributed by atoms with Gasteiger partial charge >= 0.3 is 0 Å². The summed E-state index contributed by atoms with van der Waals surface area (Å²) in [6.45, 7) is 3.15. The van der Waals surface area contributed by atoms with Crippen molar-refractivity contribution in [2.24, 2.45) is 0 Å². The number of aromatic nitrogens is 1. The van der Waals surface area contributed by atoms with Gasteiger partial charge in [-0.05, 0) is 17.7 Å². The summed E-state index contributed by atoms with van der Waals surface area (Å²) in [6, 6.07) is 1.88. The number of ether oxygens (including phenoxy) is 1. The van der Waals surface area contributed by atoms with Gasteiger partial charge in [0.25, 0.3) is 0 Å². The molecule has 0 atom stereocenters. The minimum Gasteiger partial charge on any atom is -0.378 e. The second-order valence-corrected chi connectivity index (χ2v) is 4.83. The molecule has 0 bridgehead atoms. The van der Waals surface area contributed by atoms with Crippen molar-refractivity contribution in [3.63, 3.8) is 0 Å². The molecule has 94 valence electrons. The van der Waals surface area contributed by atoms with E-state index in [1.54, 1.807) is 0 Å². The van der Waals surface area contributed by atoms with Crippen LogP contribution >= 0.6 is 11.6 Å². The predicted molar refractivity (Wildman–Crippen MR) is 70.0 cm³/mol. The van der Waals surface area contributed by atoms with Crippen molar-refractivity contribution in [2.45, 2.75) is 6.42 Å². The van der Waals surface area contributed by atoms with Crippen molar-refractivity contribution >= 4 is 29.7 Å². The number of halogens is 1. The molecule has 0 aromatic carbocycles. The number of anilines is 1. The van der Waals surface area contributed by atoms with Crippen LogP contribution in [0.25, 0.3) is 6.08 Å². The fourth-order valence-electron chi connectivity index (χ4n) is 2.44. The number of aldehydes is 1. The van der Waals surface area contributed by atoms with E-state index in [0.29, 0.717) is 11.6 Å².